The van der Waals surface area contributed by atoms with Crippen LogP contribution in [0.15, 0.2) is 358 Å². The molecular formula is C91H68N4. The summed E-state index contributed by atoms with van der Waals surface area (Å²) in [6, 6.07) is 131. The van der Waals surface area contributed by atoms with Gasteiger partial charge in [0.15, 0.2) is 0 Å². The van der Waals surface area contributed by atoms with E-state index in [9.17, 15) is 0 Å². The molecule has 4 heteroatoms. The molecule has 0 N–H and O–H groups in total. The monoisotopic (exact) mass is 1220 g/mol. The molecule has 0 fully saturated rings. The standard InChI is InChI=1S/C91H68N4/c1-63-57-79(93(75-29-9-5-10-30-75)83-49-42-67-22-14-17-25-72(67)61-83)51-54-85(63)86-55-53-81(59-64(86)2)95(78-46-39-70(40-47-78)69-37-44-77(45-38-69)92(74-27-7-4-8-28-74)82-48-41-66-21-13-16-24-71(66)60-82)91-36-20-34-89-88(33-19-35-90(89)91)87-56-52-80(58-65(87)3)94(76-31-11-6-12-32-76)84-50-43-68-23-15-18-26-73(68)62-84/h4-62H,1-3H3. The summed E-state index contributed by atoms with van der Waals surface area (Å²) in [6.45, 7) is 6.75. The second kappa shape index (κ2) is 25.1. The minimum Gasteiger partial charge on any atom is -0.310 e. The highest BCUT2D eigenvalue weighted by atomic mass is 15.2. The Kier molecular flexibility index (Phi) is 15.3. The van der Waals surface area contributed by atoms with E-state index < -0.39 is 0 Å². The van der Waals surface area contributed by atoms with Gasteiger partial charge in [0.2, 0.25) is 0 Å². The van der Waals surface area contributed by atoms with Crippen LogP contribution in [0.2, 0.25) is 0 Å². The van der Waals surface area contributed by atoms with Gasteiger partial charge in [0.05, 0.1) is 5.69 Å². The predicted octanol–water partition coefficient (Wildman–Crippen LogP) is 26.1. The average Bonchev–Trinajstić information content (AvgIpc) is 0.791. The van der Waals surface area contributed by atoms with E-state index in [1.165, 1.54) is 76.6 Å². The minimum absolute atomic E-state index is 1.06. The highest BCUT2D eigenvalue weighted by Gasteiger charge is 2.22. The summed E-state index contributed by atoms with van der Waals surface area (Å²) in [6.07, 6.45) is 0. The van der Waals surface area contributed by atoms with E-state index in [0.29, 0.717) is 0 Å². The number of nitrogens with zero attached hydrogens (tertiary/aromatic N) is 4. The molecule has 0 radical (unpaired) electrons. The first-order chi connectivity index (χ1) is 46.8. The third kappa shape index (κ3) is 11.3. The van der Waals surface area contributed by atoms with Gasteiger partial charge >= 0.3 is 0 Å². The number of rotatable bonds is 15. The molecule has 0 heterocycles. The first-order valence-corrected chi connectivity index (χ1v) is 32.7. The molecule has 0 saturated carbocycles. The van der Waals surface area contributed by atoms with Crippen molar-refractivity contribution in [2.45, 2.75) is 20.8 Å². The van der Waals surface area contributed by atoms with Crippen molar-refractivity contribution >= 4 is 111 Å². The Labute approximate surface area is 556 Å². The fraction of sp³-hybridized carbons (Fsp3) is 0.0330. The van der Waals surface area contributed by atoms with Crippen LogP contribution in [0.25, 0.3) is 76.5 Å². The third-order valence-corrected chi connectivity index (χ3v) is 18.7. The number of aryl methyl sites for hydroxylation is 3. The molecule has 0 aromatic heterocycles. The SMILES string of the molecule is Cc1cc(N(c2ccccc2)c2ccc3ccccc3c2)ccc1-c1ccc(N(c2ccc(-c3ccc(N(c4ccccc4)c4ccc5ccccc5c4)cc3)cc2)c2cccc3c(-c4ccc(N(c5ccccc5)c5ccc6ccccc6c5)cc4C)cccc23)cc1C. The minimum atomic E-state index is 1.06. The maximum Gasteiger partial charge on any atom is 0.0540 e. The molecule has 0 aliphatic heterocycles. The molecule has 0 spiro atoms. The molecule has 16 aromatic carbocycles. The molecular weight excluding hydrogens is 1150 g/mol. The van der Waals surface area contributed by atoms with Crippen LogP contribution >= 0.6 is 0 Å². The molecule has 0 atom stereocenters. The van der Waals surface area contributed by atoms with E-state index in [2.05, 4.69) is 398 Å². The number of fused-ring (bicyclic) bond motifs is 4. The number of hydrogen-bond acceptors (Lipinski definition) is 4. The van der Waals surface area contributed by atoms with E-state index in [1.54, 1.807) is 0 Å². The zero-order chi connectivity index (χ0) is 63.8. The van der Waals surface area contributed by atoms with Crippen molar-refractivity contribution in [3.8, 4) is 33.4 Å². The van der Waals surface area contributed by atoms with Gasteiger partial charge in [-0.25, -0.2) is 0 Å². The Hall–Kier alpha value is -12.2. The Balaban J connectivity index is 0.775. The summed E-state index contributed by atoms with van der Waals surface area (Å²) < 4.78 is 0. The number of para-hydroxylation sites is 3. The van der Waals surface area contributed by atoms with E-state index in [0.717, 1.165) is 84.8 Å². The van der Waals surface area contributed by atoms with Crippen LogP contribution in [-0.4, -0.2) is 0 Å². The second-order valence-electron chi connectivity index (χ2n) is 24.7. The van der Waals surface area contributed by atoms with E-state index >= 15 is 0 Å². The second-order valence-corrected chi connectivity index (χ2v) is 24.7. The fourth-order valence-corrected chi connectivity index (χ4v) is 14.0. The molecule has 16 aromatic rings. The highest BCUT2D eigenvalue weighted by molar-refractivity contribution is 6.07. The molecule has 0 aliphatic carbocycles. The van der Waals surface area contributed by atoms with Gasteiger partial charge in [-0.3, -0.25) is 0 Å². The average molecular weight is 1220 g/mol. The van der Waals surface area contributed by atoms with E-state index in [4.69, 9.17) is 0 Å². The molecule has 4 nitrogen and oxygen atoms in total. The molecule has 0 aliphatic rings. The summed E-state index contributed by atoms with van der Waals surface area (Å²) in [7, 11) is 0. The van der Waals surface area contributed by atoms with Crippen molar-refractivity contribution in [2.24, 2.45) is 0 Å². The van der Waals surface area contributed by atoms with E-state index in [-0.39, 0.29) is 0 Å². The van der Waals surface area contributed by atoms with Gasteiger partial charge in [0.1, 0.15) is 0 Å². The van der Waals surface area contributed by atoms with Crippen molar-refractivity contribution in [1.82, 2.24) is 0 Å². The van der Waals surface area contributed by atoms with Crippen molar-refractivity contribution < 1.29 is 0 Å². The lowest BCUT2D eigenvalue weighted by Crippen LogP contribution is -2.11. The lowest BCUT2D eigenvalue weighted by molar-refractivity contribution is 1.27. The maximum atomic E-state index is 2.45. The molecule has 16 rings (SSSR count). The fourth-order valence-electron chi connectivity index (χ4n) is 14.0. The molecule has 95 heavy (non-hydrogen) atoms. The Morgan fingerprint density at radius 3 is 0.853 bits per heavy atom. The number of anilines is 12. The van der Waals surface area contributed by atoms with Crippen molar-refractivity contribution in [1.29, 1.82) is 0 Å². The van der Waals surface area contributed by atoms with Gasteiger partial charge in [-0.05, 0) is 248 Å². The van der Waals surface area contributed by atoms with Crippen LogP contribution in [0.5, 0.6) is 0 Å². The molecule has 452 valence electrons. The Bertz CT molecular complexity index is 5470. The Morgan fingerprint density at radius 1 is 0.168 bits per heavy atom. The van der Waals surface area contributed by atoms with Gasteiger partial charge in [0, 0.05) is 67.9 Å². The largest absolute Gasteiger partial charge is 0.310 e. The van der Waals surface area contributed by atoms with Gasteiger partial charge in [-0.2, -0.15) is 0 Å². The van der Waals surface area contributed by atoms with Gasteiger partial charge < -0.3 is 19.6 Å². The zero-order valence-corrected chi connectivity index (χ0v) is 53.4. The quantitative estimate of drug-likeness (QED) is 0.101. The van der Waals surface area contributed by atoms with Gasteiger partial charge in [-0.1, -0.05) is 218 Å². The predicted molar refractivity (Wildman–Crippen MR) is 406 cm³/mol. The topological polar surface area (TPSA) is 13.0 Å². The summed E-state index contributed by atoms with van der Waals surface area (Å²) in [5, 5.41) is 9.64. The molecule has 0 amide bonds. The van der Waals surface area contributed by atoms with Crippen LogP contribution in [0.1, 0.15) is 16.7 Å². The van der Waals surface area contributed by atoms with Crippen LogP contribution < -0.4 is 19.6 Å². The van der Waals surface area contributed by atoms with Crippen LogP contribution in [0, 0.1) is 20.8 Å². The summed E-state index contributed by atoms with van der Waals surface area (Å²) >= 11 is 0. The van der Waals surface area contributed by atoms with Crippen molar-refractivity contribution in [2.75, 3.05) is 19.6 Å². The summed E-state index contributed by atoms with van der Waals surface area (Å²) in [4.78, 5) is 9.52. The van der Waals surface area contributed by atoms with Crippen LogP contribution in [0.4, 0.5) is 68.2 Å². The maximum absolute atomic E-state index is 2.45. The number of benzene rings is 16. The smallest absolute Gasteiger partial charge is 0.0540 e. The van der Waals surface area contributed by atoms with Crippen molar-refractivity contribution in [3.05, 3.63) is 375 Å². The number of hydrogen-bond donors (Lipinski definition) is 0. The lowest BCUT2D eigenvalue weighted by Gasteiger charge is -2.29. The van der Waals surface area contributed by atoms with E-state index in [1.807, 2.05) is 0 Å². The van der Waals surface area contributed by atoms with Gasteiger partial charge in [0.25, 0.3) is 0 Å². The Morgan fingerprint density at radius 2 is 0.453 bits per heavy atom. The third-order valence-electron chi connectivity index (χ3n) is 18.7. The van der Waals surface area contributed by atoms with Crippen LogP contribution in [0.3, 0.4) is 0 Å². The molecule has 0 saturated heterocycles. The lowest BCUT2D eigenvalue weighted by atomic mass is 9.93. The first kappa shape index (κ1) is 57.9. The first-order valence-electron chi connectivity index (χ1n) is 32.7. The molecule has 0 unspecified atom stereocenters. The van der Waals surface area contributed by atoms with Crippen molar-refractivity contribution in [3.63, 3.8) is 0 Å². The normalized spacial score (nSPS) is 11.3. The summed E-state index contributed by atoms with van der Waals surface area (Å²) in [5.41, 5.74) is 23.9. The van der Waals surface area contributed by atoms with Crippen LogP contribution in [-0.2, 0) is 0 Å². The van der Waals surface area contributed by atoms with Gasteiger partial charge in [-0.15, -0.1) is 0 Å². The molecule has 0 bridgehead atoms. The highest BCUT2D eigenvalue weighted by Crippen LogP contribution is 2.47. The summed E-state index contributed by atoms with van der Waals surface area (Å²) in [5.74, 6) is 0. The zero-order valence-electron chi connectivity index (χ0n) is 53.4.